The Kier molecular flexibility index (Phi) is 13.9. The molecule has 0 aromatic heterocycles. The number of nitrogens with zero attached hydrogens (tertiary/aromatic N) is 2. The van der Waals surface area contributed by atoms with Gasteiger partial charge in [-0.25, -0.2) is 9.59 Å². The Morgan fingerprint density at radius 3 is 1.38 bits per heavy atom. The van der Waals surface area contributed by atoms with Gasteiger partial charge in [-0.2, -0.15) is 0 Å². The quantitative estimate of drug-likeness (QED) is 0.266. The molecule has 0 atom stereocenters. The fourth-order valence-electron chi connectivity index (χ4n) is 2.68. The third kappa shape index (κ3) is 12.0. The maximum absolute atomic E-state index is 11.6. The largest absolute Gasteiger partial charge is 0.462 e. The van der Waals surface area contributed by atoms with Gasteiger partial charge in [-0.3, -0.25) is 0 Å². The Hall–Kier alpha value is -1.40. The molecule has 0 aliphatic carbocycles. The lowest BCUT2D eigenvalue weighted by molar-refractivity contribution is -0.140. The Bertz CT molecular complexity index is 384. The normalized spacial score (nSPS) is 11.9. The van der Waals surface area contributed by atoms with Crippen molar-refractivity contribution in [3.63, 3.8) is 0 Å². The second-order valence-electron chi connectivity index (χ2n) is 6.82. The molecule has 0 radical (unpaired) electrons. The van der Waals surface area contributed by atoms with E-state index in [0.29, 0.717) is 25.3 Å². The summed E-state index contributed by atoms with van der Waals surface area (Å²) < 4.78 is 10.2. The minimum atomic E-state index is -0.508. The first-order valence-corrected chi connectivity index (χ1v) is 9.81. The predicted octanol–water partition coefficient (Wildman–Crippen LogP) is 2.87. The van der Waals surface area contributed by atoms with Crippen LogP contribution in [0.3, 0.4) is 0 Å². The summed E-state index contributed by atoms with van der Waals surface area (Å²) in [7, 11) is 0. The van der Waals surface area contributed by atoms with Gasteiger partial charge in [-0.1, -0.05) is 13.8 Å². The van der Waals surface area contributed by atoms with Gasteiger partial charge in [-0.05, 0) is 53.6 Å². The van der Waals surface area contributed by atoms with E-state index in [2.05, 4.69) is 51.3 Å². The van der Waals surface area contributed by atoms with Crippen molar-refractivity contribution in [2.75, 3.05) is 39.4 Å². The Morgan fingerprint density at radius 1 is 0.769 bits per heavy atom. The first-order chi connectivity index (χ1) is 12.3. The van der Waals surface area contributed by atoms with Crippen LogP contribution >= 0.6 is 0 Å². The van der Waals surface area contributed by atoms with Crippen LogP contribution in [0, 0.1) is 0 Å². The molecule has 0 unspecified atom stereocenters. The molecule has 0 N–H and O–H groups in total. The van der Waals surface area contributed by atoms with Crippen LogP contribution in [0.15, 0.2) is 12.2 Å². The van der Waals surface area contributed by atoms with Crippen molar-refractivity contribution >= 4 is 11.9 Å². The summed E-state index contributed by atoms with van der Waals surface area (Å²) in [5.41, 5.74) is 0. The van der Waals surface area contributed by atoms with Crippen molar-refractivity contribution in [3.05, 3.63) is 12.2 Å². The van der Waals surface area contributed by atoms with Gasteiger partial charge in [-0.15, -0.1) is 0 Å². The van der Waals surface area contributed by atoms with Gasteiger partial charge in [0.2, 0.25) is 0 Å². The van der Waals surface area contributed by atoms with Crippen LogP contribution in [0.25, 0.3) is 0 Å². The van der Waals surface area contributed by atoms with E-state index >= 15 is 0 Å². The van der Waals surface area contributed by atoms with Crippen LogP contribution in [0.1, 0.15) is 54.4 Å². The molecule has 0 fully saturated rings. The van der Waals surface area contributed by atoms with E-state index in [-0.39, 0.29) is 0 Å². The molecule has 0 aromatic rings. The molecule has 0 aliphatic heterocycles. The Morgan fingerprint density at radius 2 is 1.12 bits per heavy atom. The molecule has 0 saturated carbocycles. The van der Waals surface area contributed by atoms with Gasteiger partial charge in [0.25, 0.3) is 0 Å². The van der Waals surface area contributed by atoms with Crippen LogP contribution in [0.5, 0.6) is 0 Å². The average molecular weight is 371 g/mol. The molecular formula is C20H38N2O4. The zero-order valence-corrected chi connectivity index (χ0v) is 17.5. The first-order valence-electron chi connectivity index (χ1n) is 9.81. The lowest BCUT2D eigenvalue weighted by Crippen LogP contribution is -2.32. The minimum absolute atomic E-state index is 0.351. The predicted molar refractivity (Wildman–Crippen MR) is 105 cm³/mol. The maximum Gasteiger partial charge on any atom is 0.331 e. The number of hydrogen-bond acceptors (Lipinski definition) is 6. The number of hydrogen-bond donors (Lipinski definition) is 0. The third-order valence-corrected chi connectivity index (χ3v) is 4.30. The summed E-state index contributed by atoms with van der Waals surface area (Å²) in [6, 6.07) is 0.964. The van der Waals surface area contributed by atoms with Crippen molar-refractivity contribution in [1.29, 1.82) is 0 Å². The summed E-state index contributed by atoms with van der Waals surface area (Å²) in [6.45, 7) is 17.2. The summed E-state index contributed by atoms with van der Waals surface area (Å²) in [5, 5.41) is 0. The number of carbonyl (C=O) groups is 2. The SMILES string of the molecule is CCN(CCCOC(=O)/C=C\C(=O)OCCCN(CC)C(C)C)C(C)C. The number of esters is 2. The summed E-state index contributed by atoms with van der Waals surface area (Å²) in [5.74, 6) is -1.02. The summed E-state index contributed by atoms with van der Waals surface area (Å²) >= 11 is 0. The van der Waals surface area contributed by atoms with Crippen molar-refractivity contribution in [3.8, 4) is 0 Å². The molecule has 0 amide bonds. The summed E-state index contributed by atoms with van der Waals surface area (Å²) in [4.78, 5) is 27.8. The molecule has 0 aromatic carbocycles. The summed E-state index contributed by atoms with van der Waals surface area (Å²) in [6.07, 6.45) is 3.82. The molecule has 0 spiro atoms. The molecule has 0 aliphatic rings. The van der Waals surface area contributed by atoms with Crippen LogP contribution in [-0.2, 0) is 19.1 Å². The van der Waals surface area contributed by atoms with E-state index in [4.69, 9.17) is 9.47 Å². The van der Waals surface area contributed by atoms with Crippen molar-refractivity contribution in [1.82, 2.24) is 9.80 Å². The average Bonchev–Trinajstić information content (AvgIpc) is 2.59. The highest BCUT2D eigenvalue weighted by Crippen LogP contribution is 2.00. The zero-order valence-electron chi connectivity index (χ0n) is 17.5. The van der Waals surface area contributed by atoms with Crippen LogP contribution < -0.4 is 0 Å². The van der Waals surface area contributed by atoms with E-state index in [1.54, 1.807) is 0 Å². The minimum Gasteiger partial charge on any atom is -0.462 e. The standard InChI is InChI=1S/C20H38N2O4/c1-7-21(17(3)4)13-9-15-25-19(23)11-12-20(24)26-16-10-14-22(8-2)18(5)6/h11-12,17-18H,7-10,13-16H2,1-6H3/b12-11-. The molecule has 0 bridgehead atoms. The van der Waals surface area contributed by atoms with Crippen LogP contribution in [0.4, 0.5) is 0 Å². The van der Waals surface area contributed by atoms with Gasteiger partial charge in [0.05, 0.1) is 13.2 Å². The molecule has 0 heterocycles. The highest BCUT2D eigenvalue weighted by atomic mass is 16.5. The molecule has 6 nitrogen and oxygen atoms in total. The maximum atomic E-state index is 11.6. The smallest absolute Gasteiger partial charge is 0.331 e. The number of rotatable bonds is 14. The topological polar surface area (TPSA) is 59.1 Å². The number of carbonyl (C=O) groups excluding carboxylic acids is 2. The van der Waals surface area contributed by atoms with Gasteiger partial charge in [0, 0.05) is 37.3 Å². The second kappa shape index (κ2) is 14.7. The molecule has 0 saturated heterocycles. The highest BCUT2D eigenvalue weighted by Gasteiger charge is 2.08. The van der Waals surface area contributed by atoms with Crippen molar-refractivity contribution in [2.24, 2.45) is 0 Å². The fraction of sp³-hybridized carbons (Fsp3) is 0.800. The van der Waals surface area contributed by atoms with Gasteiger partial charge < -0.3 is 19.3 Å². The molecule has 152 valence electrons. The van der Waals surface area contributed by atoms with E-state index in [0.717, 1.165) is 51.2 Å². The Balaban J connectivity index is 3.87. The van der Waals surface area contributed by atoms with Gasteiger partial charge in [0.15, 0.2) is 0 Å². The molecule has 26 heavy (non-hydrogen) atoms. The molecule has 6 heteroatoms. The second-order valence-corrected chi connectivity index (χ2v) is 6.82. The van der Waals surface area contributed by atoms with Crippen LogP contribution in [-0.4, -0.2) is 73.2 Å². The fourth-order valence-corrected chi connectivity index (χ4v) is 2.68. The van der Waals surface area contributed by atoms with Gasteiger partial charge >= 0.3 is 11.9 Å². The monoisotopic (exact) mass is 370 g/mol. The first kappa shape index (κ1) is 24.6. The van der Waals surface area contributed by atoms with E-state index in [1.165, 1.54) is 0 Å². The number of ether oxygens (including phenoxy) is 2. The van der Waals surface area contributed by atoms with E-state index < -0.39 is 11.9 Å². The van der Waals surface area contributed by atoms with E-state index in [9.17, 15) is 9.59 Å². The zero-order chi connectivity index (χ0) is 19.9. The van der Waals surface area contributed by atoms with Gasteiger partial charge in [0.1, 0.15) is 0 Å². The Labute approximate surface area is 159 Å². The molecule has 0 rings (SSSR count). The highest BCUT2D eigenvalue weighted by molar-refractivity contribution is 5.91. The molecular weight excluding hydrogens is 332 g/mol. The van der Waals surface area contributed by atoms with Crippen molar-refractivity contribution in [2.45, 2.75) is 66.5 Å². The lowest BCUT2D eigenvalue weighted by atomic mass is 10.3. The third-order valence-electron chi connectivity index (χ3n) is 4.30. The lowest BCUT2D eigenvalue weighted by Gasteiger charge is -2.24. The van der Waals surface area contributed by atoms with Crippen molar-refractivity contribution < 1.29 is 19.1 Å². The van der Waals surface area contributed by atoms with E-state index in [1.807, 2.05) is 0 Å². The van der Waals surface area contributed by atoms with Crippen LogP contribution in [0.2, 0.25) is 0 Å².